The second-order valence-corrected chi connectivity index (χ2v) is 5.05. The number of nitrogens with zero attached hydrogens (tertiary/aromatic N) is 3. The number of benzene rings is 2. The molecule has 0 bridgehead atoms. The molecule has 1 heterocycles. The van der Waals surface area contributed by atoms with E-state index in [4.69, 9.17) is 16.1 Å². The van der Waals surface area contributed by atoms with Crippen molar-refractivity contribution >= 4 is 23.0 Å². The van der Waals surface area contributed by atoms with Crippen LogP contribution in [0.15, 0.2) is 74.1 Å². The van der Waals surface area contributed by atoms with Gasteiger partial charge in [0.2, 0.25) is 0 Å². The van der Waals surface area contributed by atoms with Gasteiger partial charge in [0.05, 0.1) is 5.69 Å². The van der Waals surface area contributed by atoms with Crippen molar-refractivity contribution in [3.8, 4) is 11.3 Å². The van der Waals surface area contributed by atoms with Gasteiger partial charge < -0.3 is 4.52 Å². The van der Waals surface area contributed by atoms with Gasteiger partial charge in [0.25, 0.3) is 0 Å². The van der Waals surface area contributed by atoms with E-state index in [0.29, 0.717) is 16.4 Å². The SMILES string of the molecule is Cn1oc(=O)c(N=Nc2ccc(Cl)cc2)c1-c1ccccc1. The van der Waals surface area contributed by atoms with Crippen molar-refractivity contribution in [2.75, 3.05) is 0 Å². The Bertz CT molecular complexity index is 865. The highest BCUT2D eigenvalue weighted by atomic mass is 35.5. The molecule has 2 aromatic carbocycles. The third kappa shape index (κ3) is 2.84. The van der Waals surface area contributed by atoms with Gasteiger partial charge in [-0.2, -0.15) is 5.11 Å². The van der Waals surface area contributed by atoms with Crippen LogP contribution in [0, 0.1) is 0 Å². The summed E-state index contributed by atoms with van der Waals surface area (Å²) >= 11 is 5.82. The first kappa shape index (κ1) is 14.3. The Morgan fingerprint density at radius 1 is 1.00 bits per heavy atom. The number of hydrogen-bond donors (Lipinski definition) is 0. The topological polar surface area (TPSA) is 59.9 Å². The van der Waals surface area contributed by atoms with Crippen LogP contribution in [-0.2, 0) is 7.05 Å². The predicted octanol–water partition coefficient (Wildman–Crippen LogP) is 4.71. The Hall–Kier alpha value is -2.66. The first-order valence-corrected chi connectivity index (χ1v) is 6.96. The lowest BCUT2D eigenvalue weighted by atomic mass is 10.1. The molecule has 0 aliphatic heterocycles. The molecule has 0 N–H and O–H groups in total. The number of aryl methyl sites for hydroxylation is 1. The number of azo groups is 1. The monoisotopic (exact) mass is 313 g/mol. The maximum Gasteiger partial charge on any atom is 0.385 e. The minimum atomic E-state index is -0.529. The highest BCUT2D eigenvalue weighted by molar-refractivity contribution is 6.30. The number of rotatable bonds is 3. The highest BCUT2D eigenvalue weighted by Gasteiger charge is 2.16. The average Bonchev–Trinajstić information content (AvgIpc) is 2.81. The second-order valence-electron chi connectivity index (χ2n) is 4.62. The highest BCUT2D eigenvalue weighted by Crippen LogP contribution is 2.29. The minimum absolute atomic E-state index is 0.170. The maximum absolute atomic E-state index is 11.9. The molecule has 1 aromatic heterocycles. The van der Waals surface area contributed by atoms with Gasteiger partial charge in [-0.15, -0.1) is 5.11 Å². The van der Waals surface area contributed by atoms with Crippen LogP contribution >= 0.6 is 11.6 Å². The molecule has 110 valence electrons. The van der Waals surface area contributed by atoms with Gasteiger partial charge >= 0.3 is 5.63 Å². The van der Waals surface area contributed by atoms with Crippen molar-refractivity contribution in [3.05, 3.63) is 70.0 Å². The van der Waals surface area contributed by atoms with Crippen molar-refractivity contribution in [1.82, 2.24) is 4.74 Å². The van der Waals surface area contributed by atoms with Gasteiger partial charge in [-0.1, -0.05) is 41.9 Å². The summed E-state index contributed by atoms with van der Waals surface area (Å²) in [5, 5.41) is 8.74. The van der Waals surface area contributed by atoms with E-state index in [1.54, 1.807) is 31.3 Å². The molecule has 0 fully saturated rings. The Kier molecular flexibility index (Phi) is 3.89. The predicted molar refractivity (Wildman–Crippen MR) is 85.0 cm³/mol. The van der Waals surface area contributed by atoms with Crippen molar-refractivity contribution in [2.45, 2.75) is 0 Å². The molecular weight excluding hydrogens is 302 g/mol. The first-order chi connectivity index (χ1) is 10.6. The zero-order chi connectivity index (χ0) is 15.5. The van der Waals surface area contributed by atoms with Crippen LogP contribution in [0.5, 0.6) is 0 Å². The van der Waals surface area contributed by atoms with E-state index >= 15 is 0 Å². The smallest absolute Gasteiger partial charge is 0.334 e. The summed E-state index contributed by atoms with van der Waals surface area (Å²) in [4.78, 5) is 11.9. The van der Waals surface area contributed by atoms with E-state index < -0.39 is 5.63 Å². The third-order valence-electron chi connectivity index (χ3n) is 3.09. The van der Waals surface area contributed by atoms with Crippen molar-refractivity contribution < 1.29 is 4.52 Å². The minimum Gasteiger partial charge on any atom is -0.334 e. The summed E-state index contributed by atoms with van der Waals surface area (Å²) in [6.45, 7) is 0. The van der Waals surface area contributed by atoms with Crippen molar-refractivity contribution in [3.63, 3.8) is 0 Å². The molecular formula is C16H12ClN3O2. The summed E-state index contributed by atoms with van der Waals surface area (Å²) in [7, 11) is 1.66. The fraction of sp³-hybridized carbons (Fsp3) is 0.0625. The van der Waals surface area contributed by atoms with Gasteiger partial charge in [-0.05, 0) is 24.3 Å². The fourth-order valence-corrected chi connectivity index (χ4v) is 2.20. The summed E-state index contributed by atoms with van der Waals surface area (Å²) in [6, 6.07) is 16.3. The summed E-state index contributed by atoms with van der Waals surface area (Å²) < 4.78 is 6.49. The molecule has 0 atom stereocenters. The number of hydrogen-bond acceptors (Lipinski definition) is 4. The molecule has 0 radical (unpaired) electrons. The van der Waals surface area contributed by atoms with Gasteiger partial charge in [-0.25, -0.2) is 9.53 Å². The normalized spacial score (nSPS) is 11.2. The molecule has 0 amide bonds. The average molecular weight is 314 g/mol. The number of halogens is 1. The van der Waals surface area contributed by atoms with Crippen LogP contribution in [-0.4, -0.2) is 4.74 Å². The molecule has 3 aromatic rings. The molecule has 0 aliphatic carbocycles. The fourth-order valence-electron chi connectivity index (χ4n) is 2.08. The third-order valence-corrected chi connectivity index (χ3v) is 3.34. The Labute approximate surface area is 131 Å². The maximum atomic E-state index is 11.9. The second kappa shape index (κ2) is 5.99. The summed E-state index contributed by atoms with van der Waals surface area (Å²) in [5.41, 5.74) is 1.67. The van der Waals surface area contributed by atoms with Crippen LogP contribution < -0.4 is 5.63 Å². The first-order valence-electron chi connectivity index (χ1n) is 6.58. The Morgan fingerprint density at radius 2 is 1.68 bits per heavy atom. The van der Waals surface area contributed by atoms with Crippen LogP contribution in [0.1, 0.15) is 0 Å². The molecule has 6 heteroatoms. The van der Waals surface area contributed by atoms with Crippen molar-refractivity contribution in [2.24, 2.45) is 17.3 Å². The van der Waals surface area contributed by atoms with Crippen molar-refractivity contribution in [1.29, 1.82) is 0 Å². The van der Waals surface area contributed by atoms with E-state index in [1.807, 2.05) is 30.3 Å². The lowest BCUT2D eigenvalue weighted by molar-refractivity contribution is 0.289. The van der Waals surface area contributed by atoms with Gasteiger partial charge in [0.15, 0.2) is 5.69 Å². The standard InChI is InChI=1S/C16H12ClN3O2/c1-20-15(11-5-3-2-4-6-11)14(16(21)22-20)19-18-13-9-7-12(17)8-10-13/h2-10H,1H3. The van der Waals surface area contributed by atoms with Gasteiger partial charge in [-0.3, -0.25) is 0 Å². The van der Waals surface area contributed by atoms with Crippen LogP contribution in [0.2, 0.25) is 5.02 Å². The number of aromatic nitrogens is 1. The zero-order valence-corrected chi connectivity index (χ0v) is 12.5. The lowest BCUT2D eigenvalue weighted by Crippen LogP contribution is -1.91. The quantitative estimate of drug-likeness (QED) is 0.657. The Morgan fingerprint density at radius 3 is 2.36 bits per heavy atom. The molecule has 22 heavy (non-hydrogen) atoms. The van der Waals surface area contributed by atoms with Crippen LogP contribution in [0.4, 0.5) is 11.4 Å². The Balaban J connectivity index is 2.04. The van der Waals surface area contributed by atoms with Crippen LogP contribution in [0.3, 0.4) is 0 Å². The molecule has 0 saturated carbocycles. The zero-order valence-electron chi connectivity index (χ0n) is 11.7. The molecule has 0 spiro atoms. The summed E-state index contributed by atoms with van der Waals surface area (Å²) in [6.07, 6.45) is 0. The van der Waals surface area contributed by atoms with E-state index in [0.717, 1.165) is 5.56 Å². The summed E-state index contributed by atoms with van der Waals surface area (Å²) in [5.74, 6) is 0. The van der Waals surface area contributed by atoms with Gasteiger partial charge in [0.1, 0.15) is 5.69 Å². The van der Waals surface area contributed by atoms with Crippen LogP contribution in [0.25, 0.3) is 11.3 Å². The van der Waals surface area contributed by atoms with E-state index in [9.17, 15) is 4.79 Å². The lowest BCUT2D eigenvalue weighted by Gasteiger charge is -2.01. The molecule has 0 saturated heterocycles. The molecule has 0 unspecified atom stereocenters. The van der Waals surface area contributed by atoms with E-state index in [-0.39, 0.29) is 5.69 Å². The van der Waals surface area contributed by atoms with E-state index in [2.05, 4.69) is 10.2 Å². The largest absolute Gasteiger partial charge is 0.385 e. The molecule has 0 aliphatic rings. The molecule has 5 nitrogen and oxygen atoms in total. The molecule has 3 rings (SSSR count). The van der Waals surface area contributed by atoms with E-state index in [1.165, 1.54) is 4.74 Å². The van der Waals surface area contributed by atoms with Gasteiger partial charge in [0, 0.05) is 17.6 Å².